The molecule has 3 aliphatic rings. The lowest BCUT2D eigenvalue weighted by molar-refractivity contribution is -0.135. The minimum Gasteiger partial charge on any atom is -0.379 e. The number of hydrogen-bond acceptors (Lipinski definition) is 3. The van der Waals surface area contributed by atoms with Gasteiger partial charge in [0.05, 0.1) is 18.2 Å². The van der Waals surface area contributed by atoms with Gasteiger partial charge in [-0.15, -0.1) is 0 Å². The molecule has 1 amide bonds. The van der Waals surface area contributed by atoms with Gasteiger partial charge < -0.3 is 9.64 Å². The van der Waals surface area contributed by atoms with Gasteiger partial charge in [-0.3, -0.25) is 10.1 Å². The van der Waals surface area contributed by atoms with Crippen LogP contribution >= 0.6 is 0 Å². The van der Waals surface area contributed by atoms with Gasteiger partial charge in [-0.25, -0.2) is 0 Å². The van der Waals surface area contributed by atoms with Crippen molar-refractivity contribution in [3.05, 3.63) is 35.9 Å². The molecule has 0 radical (unpaired) electrons. The minimum atomic E-state index is -0.316. The molecule has 0 bridgehead atoms. The van der Waals surface area contributed by atoms with Crippen molar-refractivity contribution in [2.45, 2.75) is 49.9 Å². The molecule has 1 aromatic carbocycles. The number of rotatable bonds is 2. The van der Waals surface area contributed by atoms with Crippen LogP contribution in [0.1, 0.15) is 43.8 Å². The van der Waals surface area contributed by atoms with E-state index in [-0.39, 0.29) is 17.7 Å². The lowest BCUT2D eigenvalue weighted by Crippen LogP contribution is -2.45. The number of nitrogens with zero attached hydrogens (tertiary/aromatic N) is 1. The maximum atomic E-state index is 13.1. The van der Waals surface area contributed by atoms with Crippen LogP contribution in [-0.4, -0.2) is 35.6 Å². The predicted octanol–water partition coefficient (Wildman–Crippen LogP) is 2.22. The van der Waals surface area contributed by atoms with Crippen molar-refractivity contribution in [1.82, 2.24) is 10.2 Å². The second-order valence-corrected chi connectivity index (χ2v) is 6.48. The molecular weight excluding hydrogens is 264 g/mol. The monoisotopic (exact) mass is 286 g/mol. The van der Waals surface area contributed by atoms with Gasteiger partial charge in [0, 0.05) is 6.61 Å². The second-order valence-electron chi connectivity index (χ2n) is 6.48. The largest absolute Gasteiger partial charge is 0.379 e. The molecule has 2 aliphatic heterocycles. The summed E-state index contributed by atoms with van der Waals surface area (Å²) in [5, 5.41) is 3.68. The SMILES string of the molecule is O=C1N(C2CCOC2)C(c2ccccc2)NC12CCCC2. The molecule has 2 saturated heterocycles. The summed E-state index contributed by atoms with van der Waals surface area (Å²) < 4.78 is 5.53. The van der Waals surface area contributed by atoms with Crippen molar-refractivity contribution in [2.75, 3.05) is 13.2 Å². The third-order valence-electron chi connectivity index (χ3n) is 5.21. The maximum absolute atomic E-state index is 13.1. The Kier molecular flexibility index (Phi) is 3.23. The summed E-state index contributed by atoms with van der Waals surface area (Å²) in [5.74, 6) is 0.296. The van der Waals surface area contributed by atoms with Gasteiger partial charge in [0.15, 0.2) is 0 Å². The number of carbonyl (C=O) groups is 1. The van der Waals surface area contributed by atoms with Crippen molar-refractivity contribution in [3.63, 3.8) is 0 Å². The van der Waals surface area contributed by atoms with Gasteiger partial charge >= 0.3 is 0 Å². The molecule has 0 aromatic heterocycles. The average Bonchev–Trinajstić information content (AvgIpc) is 3.24. The lowest BCUT2D eigenvalue weighted by Gasteiger charge is -2.29. The van der Waals surface area contributed by atoms with Crippen molar-refractivity contribution in [1.29, 1.82) is 0 Å². The Bertz CT molecular complexity index is 519. The van der Waals surface area contributed by atoms with Crippen LogP contribution in [0.3, 0.4) is 0 Å². The van der Waals surface area contributed by atoms with E-state index in [0.717, 1.165) is 38.7 Å². The van der Waals surface area contributed by atoms with E-state index in [4.69, 9.17) is 4.74 Å². The summed E-state index contributed by atoms with van der Waals surface area (Å²) in [5.41, 5.74) is 0.866. The van der Waals surface area contributed by atoms with E-state index in [1.165, 1.54) is 5.56 Å². The van der Waals surface area contributed by atoms with Crippen LogP contribution in [0.15, 0.2) is 30.3 Å². The topological polar surface area (TPSA) is 41.6 Å². The summed E-state index contributed by atoms with van der Waals surface area (Å²) in [6.45, 7) is 1.44. The van der Waals surface area contributed by atoms with E-state index >= 15 is 0 Å². The standard InChI is InChI=1S/C17H22N2O2/c20-16-17(9-4-5-10-17)18-15(13-6-2-1-3-7-13)19(16)14-8-11-21-12-14/h1-3,6-7,14-15,18H,4-5,8-12H2. The quantitative estimate of drug-likeness (QED) is 0.906. The molecule has 1 aromatic rings. The molecule has 21 heavy (non-hydrogen) atoms. The van der Waals surface area contributed by atoms with Gasteiger partial charge in [0.25, 0.3) is 0 Å². The van der Waals surface area contributed by atoms with Crippen molar-refractivity contribution in [2.24, 2.45) is 0 Å². The Hall–Kier alpha value is -1.39. The number of ether oxygens (including phenoxy) is 1. The Balaban J connectivity index is 1.70. The fourth-order valence-corrected chi connectivity index (χ4v) is 4.09. The number of amides is 1. The number of carbonyl (C=O) groups excluding carboxylic acids is 1. The van der Waals surface area contributed by atoms with Crippen LogP contribution in [0.5, 0.6) is 0 Å². The molecule has 2 heterocycles. The number of hydrogen-bond donors (Lipinski definition) is 1. The van der Waals surface area contributed by atoms with Crippen molar-refractivity contribution >= 4 is 5.91 Å². The smallest absolute Gasteiger partial charge is 0.244 e. The Morgan fingerprint density at radius 3 is 2.62 bits per heavy atom. The molecule has 112 valence electrons. The highest BCUT2D eigenvalue weighted by Crippen LogP contribution is 2.42. The fraction of sp³-hybridized carbons (Fsp3) is 0.588. The summed E-state index contributed by atoms with van der Waals surface area (Å²) in [4.78, 5) is 15.2. The van der Waals surface area contributed by atoms with E-state index < -0.39 is 0 Å². The van der Waals surface area contributed by atoms with Crippen LogP contribution in [-0.2, 0) is 9.53 Å². The minimum absolute atomic E-state index is 0.00324. The van der Waals surface area contributed by atoms with Gasteiger partial charge in [0.2, 0.25) is 5.91 Å². The van der Waals surface area contributed by atoms with Crippen molar-refractivity contribution in [3.8, 4) is 0 Å². The van der Waals surface area contributed by atoms with Crippen LogP contribution in [0, 0.1) is 0 Å². The molecule has 1 saturated carbocycles. The van der Waals surface area contributed by atoms with E-state index in [0.29, 0.717) is 12.5 Å². The van der Waals surface area contributed by atoms with Gasteiger partial charge in [0.1, 0.15) is 6.17 Å². The molecule has 1 spiro atoms. The lowest BCUT2D eigenvalue weighted by atomic mass is 9.97. The fourth-order valence-electron chi connectivity index (χ4n) is 4.09. The third-order valence-corrected chi connectivity index (χ3v) is 5.21. The van der Waals surface area contributed by atoms with Gasteiger partial charge in [-0.1, -0.05) is 43.2 Å². The van der Waals surface area contributed by atoms with Gasteiger partial charge in [-0.2, -0.15) is 0 Å². The summed E-state index contributed by atoms with van der Waals surface area (Å²) in [6.07, 6.45) is 5.19. The van der Waals surface area contributed by atoms with Crippen molar-refractivity contribution < 1.29 is 9.53 Å². The summed E-state index contributed by atoms with van der Waals surface area (Å²) >= 11 is 0. The summed E-state index contributed by atoms with van der Waals surface area (Å²) in [6, 6.07) is 10.6. The third kappa shape index (κ3) is 2.09. The molecule has 1 N–H and O–H groups in total. The molecule has 4 nitrogen and oxygen atoms in total. The first-order chi connectivity index (χ1) is 10.3. The van der Waals surface area contributed by atoms with E-state index in [1.54, 1.807) is 0 Å². The van der Waals surface area contributed by atoms with Crippen LogP contribution in [0.2, 0.25) is 0 Å². The number of nitrogens with one attached hydrogen (secondary N) is 1. The molecule has 4 heteroatoms. The molecule has 2 atom stereocenters. The highest BCUT2D eigenvalue weighted by atomic mass is 16.5. The summed E-state index contributed by atoms with van der Waals surface area (Å²) in [7, 11) is 0. The Morgan fingerprint density at radius 1 is 1.19 bits per heavy atom. The zero-order chi connectivity index (χ0) is 14.3. The molecule has 2 unspecified atom stereocenters. The zero-order valence-corrected chi connectivity index (χ0v) is 12.3. The van der Waals surface area contributed by atoms with Gasteiger partial charge in [-0.05, 0) is 24.8 Å². The van der Waals surface area contributed by atoms with E-state index in [2.05, 4.69) is 22.3 Å². The van der Waals surface area contributed by atoms with Crippen LogP contribution in [0.4, 0.5) is 0 Å². The molecule has 4 rings (SSSR count). The predicted molar refractivity (Wildman–Crippen MR) is 79.6 cm³/mol. The maximum Gasteiger partial charge on any atom is 0.244 e. The highest BCUT2D eigenvalue weighted by molar-refractivity contribution is 5.89. The molecule has 3 fully saturated rings. The van der Waals surface area contributed by atoms with Crippen LogP contribution < -0.4 is 5.32 Å². The van der Waals surface area contributed by atoms with Crippen LogP contribution in [0.25, 0.3) is 0 Å². The first-order valence-electron chi connectivity index (χ1n) is 8.03. The van der Waals surface area contributed by atoms with E-state index in [9.17, 15) is 4.79 Å². The first kappa shape index (κ1) is 13.3. The zero-order valence-electron chi connectivity index (χ0n) is 12.3. The van der Waals surface area contributed by atoms with E-state index in [1.807, 2.05) is 18.2 Å². The first-order valence-corrected chi connectivity index (χ1v) is 8.03. The number of benzene rings is 1. The Morgan fingerprint density at radius 2 is 1.95 bits per heavy atom. The highest BCUT2D eigenvalue weighted by Gasteiger charge is 2.54. The molecular formula is C17H22N2O2. The average molecular weight is 286 g/mol. The Labute approximate surface area is 125 Å². The molecule has 1 aliphatic carbocycles. The second kappa shape index (κ2) is 5.11. The normalized spacial score (nSPS) is 31.4.